The van der Waals surface area contributed by atoms with Crippen LogP contribution < -0.4 is 4.90 Å². The number of hydrogen-bond acceptors (Lipinski definition) is 5. The summed E-state index contributed by atoms with van der Waals surface area (Å²) < 4.78 is 7.76. The van der Waals surface area contributed by atoms with E-state index in [1.807, 2.05) is 19.0 Å². The van der Waals surface area contributed by atoms with E-state index in [2.05, 4.69) is 52.5 Å². The Morgan fingerprint density at radius 1 is 1.13 bits per heavy atom. The summed E-state index contributed by atoms with van der Waals surface area (Å²) in [6.45, 7) is 10.2. The van der Waals surface area contributed by atoms with Crippen LogP contribution in [0.5, 0.6) is 0 Å². The van der Waals surface area contributed by atoms with Gasteiger partial charge in [-0.3, -0.25) is 14.4 Å². The zero-order valence-corrected chi connectivity index (χ0v) is 19.4. The Kier molecular flexibility index (Phi) is 6.68. The topological polar surface area (TPSA) is 36.8 Å². The Hall–Kier alpha value is -1.60. The number of hydrogen-bond donors (Lipinski definition) is 0. The number of anilines is 1. The largest absolute Gasteiger partial charge is 0.376 e. The molecule has 164 valence electrons. The van der Waals surface area contributed by atoms with Gasteiger partial charge in [0.15, 0.2) is 0 Å². The molecule has 0 bridgehead atoms. The van der Waals surface area contributed by atoms with Crippen molar-refractivity contribution in [3.8, 4) is 5.69 Å². The van der Waals surface area contributed by atoms with Crippen LogP contribution in [0.2, 0.25) is 5.15 Å². The highest BCUT2D eigenvalue weighted by Gasteiger charge is 2.29. The fraction of sp³-hybridized carbons (Fsp3) is 0.609. The fourth-order valence-corrected chi connectivity index (χ4v) is 4.86. The maximum atomic E-state index is 6.86. The molecule has 1 aromatic carbocycles. The van der Waals surface area contributed by atoms with Crippen LogP contribution in [0, 0.1) is 6.92 Å². The van der Waals surface area contributed by atoms with Gasteiger partial charge in [0.25, 0.3) is 0 Å². The van der Waals surface area contributed by atoms with Crippen molar-refractivity contribution in [1.82, 2.24) is 19.4 Å². The quantitative estimate of drug-likeness (QED) is 0.723. The molecule has 2 fully saturated rings. The van der Waals surface area contributed by atoms with Crippen molar-refractivity contribution in [2.45, 2.75) is 45.4 Å². The SMILES string of the molecule is Cc1ccc(-n2c(N(C)C)nc(CN3CCC(N4CCOC(C)C4)CC3)c2Cl)cc1. The minimum atomic E-state index is 0.353. The first-order valence-corrected chi connectivity index (χ1v) is 11.4. The molecular formula is C23H34ClN5O. The Morgan fingerprint density at radius 3 is 2.47 bits per heavy atom. The van der Waals surface area contributed by atoms with Gasteiger partial charge in [0.1, 0.15) is 5.15 Å². The van der Waals surface area contributed by atoms with Gasteiger partial charge in [-0.15, -0.1) is 0 Å². The van der Waals surface area contributed by atoms with Crippen molar-refractivity contribution in [1.29, 1.82) is 0 Å². The third-order valence-corrected chi connectivity index (χ3v) is 6.67. The molecule has 0 aliphatic carbocycles. The van der Waals surface area contributed by atoms with Crippen molar-refractivity contribution < 1.29 is 4.74 Å². The third-order valence-electron chi connectivity index (χ3n) is 6.28. The highest BCUT2D eigenvalue weighted by molar-refractivity contribution is 6.30. The molecule has 3 heterocycles. The number of aryl methyl sites for hydroxylation is 1. The summed E-state index contributed by atoms with van der Waals surface area (Å²) in [4.78, 5) is 12.1. The smallest absolute Gasteiger partial charge is 0.211 e. The Labute approximate surface area is 185 Å². The maximum Gasteiger partial charge on any atom is 0.211 e. The second kappa shape index (κ2) is 9.27. The normalized spacial score (nSPS) is 21.8. The molecule has 0 spiro atoms. The molecule has 6 nitrogen and oxygen atoms in total. The van der Waals surface area contributed by atoms with Crippen LogP contribution in [-0.2, 0) is 11.3 Å². The monoisotopic (exact) mass is 431 g/mol. The van der Waals surface area contributed by atoms with Gasteiger partial charge in [-0.25, -0.2) is 4.98 Å². The van der Waals surface area contributed by atoms with E-state index in [1.165, 1.54) is 18.4 Å². The van der Waals surface area contributed by atoms with Crippen molar-refractivity contribution >= 4 is 17.5 Å². The highest BCUT2D eigenvalue weighted by Crippen LogP contribution is 2.30. The summed E-state index contributed by atoms with van der Waals surface area (Å²) in [5.74, 6) is 0.871. The van der Waals surface area contributed by atoms with E-state index in [-0.39, 0.29) is 0 Å². The number of rotatable bonds is 5. The van der Waals surface area contributed by atoms with Crippen LogP contribution in [0.1, 0.15) is 31.0 Å². The summed E-state index contributed by atoms with van der Waals surface area (Å²) >= 11 is 6.86. The van der Waals surface area contributed by atoms with E-state index in [4.69, 9.17) is 21.3 Å². The first-order chi connectivity index (χ1) is 14.4. The van der Waals surface area contributed by atoms with E-state index in [9.17, 15) is 0 Å². The van der Waals surface area contributed by atoms with Gasteiger partial charge in [-0.1, -0.05) is 29.3 Å². The van der Waals surface area contributed by atoms with Crippen LogP contribution in [-0.4, -0.2) is 78.4 Å². The van der Waals surface area contributed by atoms with Crippen LogP contribution in [0.3, 0.4) is 0 Å². The van der Waals surface area contributed by atoms with Gasteiger partial charge >= 0.3 is 0 Å². The van der Waals surface area contributed by atoms with Gasteiger partial charge in [0.2, 0.25) is 5.95 Å². The Bertz CT molecular complexity index is 842. The van der Waals surface area contributed by atoms with Crippen LogP contribution in [0.15, 0.2) is 24.3 Å². The number of morpholine rings is 1. The molecule has 1 aromatic heterocycles. The van der Waals surface area contributed by atoms with Crippen LogP contribution >= 0.6 is 11.6 Å². The first kappa shape index (κ1) is 21.6. The molecule has 0 saturated carbocycles. The van der Waals surface area contributed by atoms with E-state index >= 15 is 0 Å². The lowest BCUT2D eigenvalue weighted by molar-refractivity contribution is -0.0438. The minimum absolute atomic E-state index is 0.353. The third kappa shape index (κ3) is 4.67. The lowest BCUT2D eigenvalue weighted by Gasteiger charge is -2.41. The summed E-state index contributed by atoms with van der Waals surface area (Å²) in [7, 11) is 4.03. The molecule has 2 aliphatic heterocycles. The number of piperidine rings is 1. The number of benzene rings is 1. The Balaban J connectivity index is 1.45. The molecule has 0 N–H and O–H groups in total. The molecule has 2 saturated heterocycles. The van der Waals surface area contributed by atoms with Gasteiger partial charge in [0, 0.05) is 58.5 Å². The predicted molar refractivity (Wildman–Crippen MR) is 123 cm³/mol. The maximum absolute atomic E-state index is 6.86. The van der Waals surface area contributed by atoms with Crippen molar-refractivity contribution in [2.24, 2.45) is 0 Å². The molecule has 30 heavy (non-hydrogen) atoms. The van der Waals surface area contributed by atoms with Gasteiger partial charge in [-0.2, -0.15) is 0 Å². The van der Waals surface area contributed by atoms with Gasteiger partial charge < -0.3 is 9.64 Å². The minimum Gasteiger partial charge on any atom is -0.376 e. The molecule has 0 radical (unpaired) electrons. The molecule has 2 aliphatic rings. The molecule has 4 rings (SSSR count). The highest BCUT2D eigenvalue weighted by atomic mass is 35.5. The molecule has 1 atom stereocenters. The van der Waals surface area contributed by atoms with Crippen molar-refractivity contribution in [2.75, 3.05) is 51.8 Å². The first-order valence-electron chi connectivity index (χ1n) is 11.0. The summed E-state index contributed by atoms with van der Waals surface area (Å²) in [6.07, 6.45) is 2.75. The number of imidazole rings is 1. The molecule has 2 aromatic rings. The van der Waals surface area contributed by atoms with E-state index in [0.29, 0.717) is 17.3 Å². The summed E-state index contributed by atoms with van der Waals surface area (Å²) in [5.41, 5.74) is 3.24. The second-order valence-corrected chi connectivity index (χ2v) is 9.26. The van der Waals surface area contributed by atoms with E-state index < -0.39 is 0 Å². The zero-order chi connectivity index (χ0) is 21.3. The number of nitrogens with zero attached hydrogens (tertiary/aromatic N) is 5. The number of likely N-dealkylation sites (tertiary alicyclic amines) is 1. The molecule has 7 heteroatoms. The summed E-state index contributed by atoms with van der Waals surface area (Å²) in [5, 5.41) is 0.715. The lowest BCUT2D eigenvalue weighted by atomic mass is 10.0. The second-order valence-electron chi connectivity index (χ2n) is 8.90. The average molecular weight is 432 g/mol. The van der Waals surface area contributed by atoms with Gasteiger partial charge in [-0.05, 0) is 38.8 Å². The fourth-order valence-electron chi connectivity index (χ4n) is 4.59. The predicted octanol–water partition coefficient (Wildman–Crippen LogP) is 3.59. The number of halogens is 1. The number of ether oxygens (including phenoxy) is 1. The van der Waals surface area contributed by atoms with Gasteiger partial charge in [0.05, 0.1) is 18.4 Å². The standard InChI is InChI=1S/C23H34ClN5O/c1-17-5-7-20(8-6-17)29-22(24)21(25-23(29)26(3)4)16-27-11-9-19(10-12-27)28-13-14-30-18(2)15-28/h5-8,18-19H,9-16H2,1-4H3. The Morgan fingerprint density at radius 2 is 1.83 bits per heavy atom. The van der Waals surface area contributed by atoms with Crippen LogP contribution in [0.25, 0.3) is 5.69 Å². The lowest BCUT2D eigenvalue weighted by Crippen LogP contribution is -2.50. The molecular weight excluding hydrogens is 398 g/mol. The summed E-state index contributed by atoms with van der Waals surface area (Å²) in [6, 6.07) is 9.11. The van der Waals surface area contributed by atoms with Crippen molar-refractivity contribution in [3.05, 3.63) is 40.7 Å². The van der Waals surface area contributed by atoms with E-state index in [1.54, 1.807) is 0 Å². The zero-order valence-electron chi connectivity index (χ0n) is 18.6. The number of aromatic nitrogens is 2. The average Bonchev–Trinajstić information content (AvgIpc) is 3.06. The van der Waals surface area contributed by atoms with E-state index in [0.717, 1.165) is 56.7 Å². The molecule has 0 amide bonds. The molecule has 1 unspecified atom stereocenters. The van der Waals surface area contributed by atoms with Crippen molar-refractivity contribution in [3.63, 3.8) is 0 Å². The van der Waals surface area contributed by atoms with Crippen LogP contribution in [0.4, 0.5) is 5.95 Å².